The summed E-state index contributed by atoms with van der Waals surface area (Å²) in [6.07, 6.45) is 0. The number of amides is 1. The number of hydrogen-bond donors (Lipinski definition) is 1. The van der Waals surface area contributed by atoms with Gasteiger partial charge in [0.1, 0.15) is 5.82 Å². The van der Waals surface area contributed by atoms with E-state index in [1.54, 1.807) is 48.9 Å². The van der Waals surface area contributed by atoms with Crippen LogP contribution in [0.5, 0.6) is 11.5 Å². The van der Waals surface area contributed by atoms with E-state index in [1.165, 1.54) is 0 Å². The first-order chi connectivity index (χ1) is 10.6. The first-order valence-electron chi connectivity index (χ1n) is 6.80. The van der Waals surface area contributed by atoms with Crippen LogP contribution in [-0.4, -0.2) is 29.9 Å². The molecule has 0 spiro atoms. The van der Waals surface area contributed by atoms with Crippen molar-refractivity contribution in [2.75, 3.05) is 19.5 Å². The Bertz CT molecular complexity index is 727. The van der Waals surface area contributed by atoms with Crippen LogP contribution in [-0.2, 0) is 18.6 Å². The fourth-order valence-electron chi connectivity index (χ4n) is 2.45. The van der Waals surface area contributed by atoms with Crippen molar-refractivity contribution < 1.29 is 14.3 Å². The van der Waals surface area contributed by atoms with Crippen molar-refractivity contribution in [3.63, 3.8) is 0 Å². The van der Waals surface area contributed by atoms with Gasteiger partial charge >= 0.3 is 0 Å². The quantitative estimate of drug-likeness (QED) is 0.937. The number of anilines is 1. The maximum Gasteiger partial charge on any atom is 0.256 e. The van der Waals surface area contributed by atoms with Crippen molar-refractivity contribution in [3.8, 4) is 11.5 Å². The average Bonchev–Trinajstić information content (AvgIpc) is 3.09. The second-order valence-electron chi connectivity index (χ2n) is 4.91. The normalized spacial score (nSPS) is 12.9. The number of methoxy groups -OCH3 is 2. The van der Waals surface area contributed by atoms with Gasteiger partial charge in [-0.3, -0.25) is 9.48 Å². The third-order valence-corrected chi connectivity index (χ3v) is 4.56. The van der Waals surface area contributed by atoms with E-state index in [1.807, 2.05) is 7.05 Å². The number of nitrogens with one attached hydrogen (secondary N) is 1. The lowest BCUT2D eigenvalue weighted by Crippen LogP contribution is -2.15. The molecular formula is C15H17N3O3S. The highest BCUT2D eigenvalue weighted by molar-refractivity contribution is 7.98. The van der Waals surface area contributed by atoms with E-state index in [9.17, 15) is 4.79 Å². The summed E-state index contributed by atoms with van der Waals surface area (Å²) >= 11 is 1.80. The number of ether oxygens (including phenoxy) is 2. The number of nitrogens with zero attached hydrogens (tertiary/aromatic N) is 2. The minimum Gasteiger partial charge on any atom is -0.493 e. The zero-order valence-electron chi connectivity index (χ0n) is 12.7. The first kappa shape index (κ1) is 14.8. The maximum atomic E-state index is 12.5. The highest BCUT2D eigenvalue weighted by atomic mass is 32.2. The number of carbonyl (C=O) groups is 1. The van der Waals surface area contributed by atoms with Crippen LogP contribution in [0.4, 0.5) is 5.82 Å². The molecule has 1 aromatic carbocycles. The monoisotopic (exact) mass is 319 g/mol. The van der Waals surface area contributed by atoms with Crippen molar-refractivity contribution in [3.05, 3.63) is 35.0 Å². The van der Waals surface area contributed by atoms with E-state index in [-0.39, 0.29) is 5.91 Å². The molecule has 7 heteroatoms. The van der Waals surface area contributed by atoms with Crippen molar-refractivity contribution in [2.45, 2.75) is 11.5 Å². The molecule has 1 aliphatic rings. The summed E-state index contributed by atoms with van der Waals surface area (Å²) in [5.41, 5.74) is 2.68. The van der Waals surface area contributed by atoms with Gasteiger partial charge in [-0.2, -0.15) is 16.9 Å². The van der Waals surface area contributed by atoms with Crippen LogP contribution in [0.1, 0.15) is 21.6 Å². The maximum absolute atomic E-state index is 12.5. The van der Waals surface area contributed by atoms with Crippen molar-refractivity contribution in [1.29, 1.82) is 0 Å². The number of thioether (sulfide) groups is 1. The highest BCUT2D eigenvalue weighted by Crippen LogP contribution is 2.34. The Morgan fingerprint density at radius 2 is 2.05 bits per heavy atom. The van der Waals surface area contributed by atoms with Crippen LogP contribution in [0.3, 0.4) is 0 Å². The van der Waals surface area contributed by atoms with Gasteiger partial charge < -0.3 is 14.8 Å². The zero-order chi connectivity index (χ0) is 15.7. The number of carbonyl (C=O) groups excluding carboxylic acids is 1. The Morgan fingerprint density at radius 1 is 1.27 bits per heavy atom. The molecular weight excluding hydrogens is 302 g/mol. The number of fused-ring (bicyclic) bond motifs is 1. The van der Waals surface area contributed by atoms with Gasteiger partial charge in [0.25, 0.3) is 5.91 Å². The summed E-state index contributed by atoms with van der Waals surface area (Å²) in [5.74, 6) is 3.47. The summed E-state index contributed by atoms with van der Waals surface area (Å²) in [4.78, 5) is 12.5. The van der Waals surface area contributed by atoms with Gasteiger partial charge in [0.05, 0.1) is 19.9 Å². The lowest BCUT2D eigenvalue weighted by Gasteiger charge is -2.11. The minimum absolute atomic E-state index is 0.191. The van der Waals surface area contributed by atoms with Gasteiger partial charge in [0, 0.05) is 29.7 Å². The number of aryl methyl sites for hydroxylation is 1. The summed E-state index contributed by atoms with van der Waals surface area (Å²) in [5, 5.41) is 7.38. The molecule has 3 rings (SSSR count). The van der Waals surface area contributed by atoms with E-state index in [2.05, 4.69) is 10.4 Å². The third-order valence-electron chi connectivity index (χ3n) is 3.59. The fraction of sp³-hybridized carbons (Fsp3) is 0.333. The van der Waals surface area contributed by atoms with Crippen LogP contribution in [0.25, 0.3) is 0 Å². The molecule has 0 atom stereocenters. The number of rotatable bonds is 4. The van der Waals surface area contributed by atoms with E-state index in [4.69, 9.17) is 9.47 Å². The lowest BCUT2D eigenvalue weighted by atomic mass is 10.2. The highest BCUT2D eigenvalue weighted by Gasteiger charge is 2.23. The van der Waals surface area contributed by atoms with Gasteiger partial charge in [-0.25, -0.2) is 0 Å². The predicted molar refractivity (Wildman–Crippen MR) is 85.7 cm³/mol. The molecule has 6 nitrogen and oxygen atoms in total. The van der Waals surface area contributed by atoms with Crippen LogP contribution in [0, 0.1) is 0 Å². The van der Waals surface area contributed by atoms with Gasteiger partial charge in [-0.15, -0.1) is 0 Å². The standard InChI is InChI=1S/C15H17N3O3S/c1-18-14(10-7-22-8-11(10)17-18)16-15(19)9-4-5-12(20-2)13(6-9)21-3/h4-6H,7-8H2,1-3H3,(H,16,19). The van der Waals surface area contributed by atoms with Crippen LogP contribution >= 0.6 is 11.8 Å². The summed E-state index contributed by atoms with van der Waals surface area (Å²) in [7, 11) is 4.95. The van der Waals surface area contributed by atoms with Crippen molar-refractivity contribution >= 4 is 23.5 Å². The molecule has 0 radical (unpaired) electrons. The Kier molecular flexibility index (Phi) is 3.98. The summed E-state index contributed by atoms with van der Waals surface area (Å²) in [6, 6.07) is 5.10. The van der Waals surface area contributed by atoms with E-state index in [0.29, 0.717) is 17.1 Å². The molecule has 1 aromatic heterocycles. The Hall–Kier alpha value is -2.15. The SMILES string of the molecule is COc1ccc(C(=O)Nc2c3c(nn2C)CSC3)cc1OC. The number of benzene rings is 1. The topological polar surface area (TPSA) is 65.4 Å². The second kappa shape index (κ2) is 5.92. The second-order valence-corrected chi connectivity index (χ2v) is 5.90. The van der Waals surface area contributed by atoms with E-state index < -0.39 is 0 Å². The van der Waals surface area contributed by atoms with Crippen LogP contribution in [0.15, 0.2) is 18.2 Å². The largest absolute Gasteiger partial charge is 0.493 e. The Labute approximate surface area is 132 Å². The zero-order valence-corrected chi connectivity index (χ0v) is 13.5. The molecule has 2 aromatic rings. The molecule has 1 N–H and O–H groups in total. The molecule has 0 unspecified atom stereocenters. The van der Waals surface area contributed by atoms with Crippen LogP contribution < -0.4 is 14.8 Å². The van der Waals surface area contributed by atoms with Crippen LogP contribution in [0.2, 0.25) is 0 Å². The smallest absolute Gasteiger partial charge is 0.256 e. The van der Waals surface area contributed by atoms with E-state index >= 15 is 0 Å². The molecule has 0 fully saturated rings. The summed E-state index contributed by atoms with van der Waals surface area (Å²) in [6.45, 7) is 0. The Balaban J connectivity index is 1.86. The van der Waals surface area contributed by atoms with Gasteiger partial charge in [-0.1, -0.05) is 0 Å². The Morgan fingerprint density at radius 3 is 2.77 bits per heavy atom. The average molecular weight is 319 g/mol. The van der Waals surface area contributed by atoms with Crippen molar-refractivity contribution in [1.82, 2.24) is 9.78 Å². The predicted octanol–water partition coefficient (Wildman–Crippen LogP) is 2.44. The van der Waals surface area contributed by atoms with E-state index in [0.717, 1.165) is 28.6 Å². The molecule has 116 valence electrons. The molecule has 1 aliphatic heterocycles. The molecule has 0 bridgehead atoms. The lowest BCUT2D eigenvalue weighted by molar-refractivity contribution is 0.102. The molecule has 0 saturated carbocycles. The number of aromatic nitrogens is 2. The fourth-order valence-corrected chi connectivity index (χ4v) is 3.49. The molecule has 1 amide bonds. The molecule has 0 saturated heterocycles. The molecule has 0 aliphatic carbocycles. The van der Waals surface area contributed by atoms with Crippen molar-refractivity contribution in [2.24, 2.45) is 7.05 Å². The van der Waals surface area contributed by atoms with Gasteiger partial charge in [0.2, 0.25) is 0 Å². The summed E-state index contributed by atoms with van der Waals surface area (Å²) < 4.78 is 12.1. The van der Waals surface area contributed by atoms with Gasteiger partial charge in [-0.05, 0) is 18.2 Å². The third kappa shape index (κ3) is 2.52. The first-order valence-corrected chi connectivity index (χ1v) is 7.95. The van der Waals surface area contributed by atoms with Gasteiger partial charge in [0.15, 0.2) is 11.5 Å². The minimum atomic E-state index is -0.191. The number of hydrogen-bond acceptors (Lipinski definition) is 5. The molecule has 22 heavy (non-hydrogen) atoms. The molecule has 2 heterocycles.